The topological polar surface area (TPSA) is 18.5 Å². The lowest BCUT2D eigenvalue weighted by molar-refractivity contribution is 0.768. The van der Waals surface area contributed by atoms with Gasteiger partial charge in [0.1, 0.15) is 4.48 Å². The van der Waals surface area contributed by atoms with E-state index in [0.29, 0.717) is 0 Å². The first-order valence-electron chi connectivity index (χ1n) is 44.6. The summed E-state index contributed by atoms with van der Waals surface area (Å²) in [4.78, 5) is 4.90. The summed E-state index contributed by atoms with van der Waals surface area (Å²) in [6.45, 7) is 0. The van der Waals surface area contributed by atoms with Crippen LogP contribution >= 0.6 is 31.9 Å². The van der Waals surface area contributed by atoms with E-state index in [2.05, 4.69) is 520 Å². The predicted molar refractivity (Wildman–Crippen MR) is 551 cm³/mol. The lowest BCUT2D eigenvalue weighted by Crippen LogP contribution is -2.28. The molecule has 0 aliphatic heterocycles. The van der Waals surface area contributed by atoms with Crippen molar-refractivity contribution in [1.29, 1.82) is 0 Å². The van der Waals surface area contributed by atoms with Gasteiger partial charge in [-0.25, -0.2) is 0 Å². The molecule has 4 aliphatic rings. The van der Waals surface area contributed by atoms with Gasteiger partial charge < -0.3 is 15.1 Å². The molecular weight excluding hydrogens is 1700 g/mol. The van der Waals surface area contributed by atoms with Gasteiger partial charge in [-0.1, -0.05) is 392 Å². The van der Waals surface area contributed by atoms with E-state index in [1.807, 2.05) is 24.3 Å². The molecule has 0 radical (unpaired) electrons. The summed E-state index contributed by atoms with van der Waals surface area (Å²) in [5, 5.41) is 17.2. The minimum atomic E-state index is -0.482. The monoisotopic (exact) mass is 1780 g/mol. The molecule has 130 heavy (non-hydrogen) atoms. The molecule has 3 nitrogen and oxygen atoms in total. The number of nitrogens with zero attached hydrogens (tertiary/aromatic N) is 2. The van der Waals surface area contributed by atoms with E-state index in [9.17, 15) is 0 Å². The van der Waals surface area contributed by atoms with Crippen molar-refractivity contribution in [3.8, 4) is 33.4 Å². The predicted octanol–water partition coefficient (Wildman–Crippen LogP) is 32.7. The van der Waals surface area contributed by atoms with Crippen molar-refractivity contribution in [3.63, 3.8) is 0 Å². The summed E-state index contributed by atoms with van der Waals surface area (Å²) in [7, 11) is 0. The number of anilines is 8. The minimum absolute atomic E-state index is 0.334. The Labute approximate surface area is 773 Å². The van der Waals surface area contributed by atoms with Crippen LogP contribution in [0.4, 0.5) is 45.5 Å². The van der Waals surface area contributed by atoms with Crippen LogP contribution in [-0.4, -0.2) is 0 Å². The molecule has 1 N–H and O–H groups in total. The first-order valence-corrected chi connectivity index (χ1v) is 46.2. The fourth-order valence-electron chi connectivity index (χ4n) is 22.2. The SMILES string of the molecule is BrC1=c2ccc3ccc(Br)c4ccc(c2c34)[C+]=C1.c1ccc(N(c2ccc(C3(c4ccccc4)c4ccccc4-c4ccccc43)cc2)c2ccc3ccc4c(N(c5ccccc5)c5ccc(C6(c7ccccc7)c7ccccc7-c7ccccc76)cc5)ccc5ccc2c3c54)cc1.c1ccc(Nc2ccc(C3(c4ccccc4)c4ccccc4-c4ccccc43)cc2)cc1. The smallest absolute Gasteiger partial charge is 0.156 e. The molecule has 26 rings (SSSR count). The van der Waals surface area contributed by atoms with Crippen LogP contribution in [0.3, 0.4) is 0 Å². The number of nitrogens with one attached hydrogen (secondary N) is 1. The van der Waals surface area contributed by atoms with E-state index in [1.54, 1.807) is 0 Å². The Kier molecular flexibility index (Phi) is 19.2. The summed E-state index contributed by atoms with van der Waals surface area (Å²) in [6, 6.07) is 178. The number of fused-ring (bicyclic) bond motifs is 9. The third-order valence-electron chi connectivity index (χ3n) is 27.6. The van der Waals surface area contributed by atoms with Crippen LogP contribution in [0.25, 0.3) is 91.7 Å². The van der Waals surface area contributed by atoms with Gasteiger partial charge in [0, 0.05) is 88.2 Å². The van der Waals surface area contributed by atoms with Gasteiger partial charge in [0.15, 0.2) is 5.56 Å². The van der Waals surface area contributed by atoms with Crippen molar-refractivity contribution in [2.24, 2.45) is 0 Å². The van der Waals surface area contributed by atoms with Crippen LogP contribution in [0.5, 0.6) is 0 Å². The van der Waals surface area contributed by atoms with E-state index >= 15 is 0 Å². The fraction of sp³-hybridized carbons (Fsp3) is 0.0240. The van der Waals surface area contributed by atoms with Gasteiger partial charge >= 0.3 is 0 Å². The highest BCUT2D eigenvalue weighted by atomic mass is 79.9. The Morgan fingerprint density at radius 3 is 0.869 bits per heavy atom. The fourth-order valence-corrected chi connectivity index (χ4v) is 23.1. The molecule has 610 valence electrons. The summed E-state index contributed by atoms with van der Waals surface area (Å²) in [5.41, 5.74) is 32.0. The molecular formula is C125H82Br2N3+. The second kappa shape index (κ2) is 32.1. The number of allylic oxidation sites excluding steroid dienone is 1. The Morgan fingerprint density at radius 2 is 0.492 bits per heavy atom. The maximum Gasteiger partial charge on any atom is 0.156 e. The summed E-state index contributed by atoms with van der Waals surface area (Å²) >= 11 is 7.25. The van der Waals surface area contributed by atoms with Crippen LogP contribution in [0.1, 0.15) is 72.3 Å². The Hall–Kier alpha value is -15.6. The van der Waals surface area contributed by atoms with Crippen molar-refractivity contribution in [2.75, 3.05) is 15.1 Å². The Balaban J connectivity index is 0.000000151. The zero-order chi connectivity index (χ0) is 86.4. The maximum atomic E-state index is 3.64. The molecule has 0 saturated heterocycles. The molecule has 0 amide bonds. The van der Waals surface area contributed by atoms with Crippen LogP contribution in [0.15, 0.2) is 496 Å². The second-order valence-corrected chi connectivity index (χ2v) is 35.9. The van der Waals surface area contributed by atoms with Crippen molar-refractivity contribution < 1.29 is 0 Å². The molecule has 0 unspecified atom stereocenters. The standard InChI is InChI=1S/C78H52N2.C31H23N.C16H7Br2/c1-5-21-55(22-6-1)77(69-33-17-13-29-63(69)64-30-14-18-34-70(64)77)57-41-45-61(46-42-57)79(59-25-9-3-10-26-59)73-51-39-53-38-50-68-74(52-40-54-37-49-67(73)75(53)76(54)68)80(60-27-11-4-12-28-60)62-47-43-58(44-48-62)78(56-23-7-2-8-24-56)71-35-19-15-31-65(71)66-32-16-20-36-72(66)78;1-3-11-23(12-4-1)31(24-19-21-26(22-20-24)32-25-13-5-2-6-14-25)29-17-9-7-15-27(29)28-16-8-10-18-30(28)31;17-13-8-4-10-2-6-12-14(18)7-3-9-1-5-11(13)16(10)15(9)12/h1-52H;1-22,32H;1-3,5-8H/q;;+1. The third-order valence-corrected chi connectivity index (χ3v) is 28.9. The zero-order valence-electron chi connectivity index (χ0n) is 70.9. The Morgan fingerprint density at radius 1 is 0.215 bits per heavy atom. The average Bonchev–Trinajstić information content (AvgIpc) is 1.52. The maximum absolute atomic E-state index is 3.64. The highest BCUT2D eigenvalue weighted by Gasteiger charge is 2.49. The summed E-state index contributed by atoms with van der Waals surface area (Å²) < 4.78 is 2.24. The molecule has 0 saturated carbocycles. The minimum Gasteiger partial charge on any atom is -0.356 e. The van der Waals surface area contributed by atoms with E-state index in [1.165, 1.54) is 165 Å². The highest BCUT2D eigenvalue weighted by molar-refractivity contribution is 9.15. The van der Waals surface area contributed by atoms with Gasteiger partial charge in [0.25, 0.3) is 0 Å². The molecule has 22 aromatic carbocycles. The summed E-state index contributed by atoms with van der Waals surface area (Å²) in [5.74, 6) is 0. The van der Waals surface area contributed by atoms with E-state index < -0.39 is 10.8 Å². The largest absolute Gasteiger partial charge is 0.356 e. The first kappa shape index (κ1) is 77.9. The van der Waals surface area contributed by atoms with Crippen molar-refractivity contribution in [3.05, 3.63) is 579 Å². The normalized spacial score (nSPS) is 13.4. The lowest BCUT2D eigenvalue weighted by Gasteiger charge is -2.34. The number of halogens is 2. The van der Waals surface area contributed by atoms with Gasteiger partial charge in [-0.2, -0.15) is 0 Å². The van der Waals surface area contributed by atoms with Gasteiger partial charge in [0.2, 0.25) is 0 Å². The number of benzene rings is 22. The third kappa shape index (κ3) is 12.3. The lowest BCUT2D eigenvalue weighted by atomic mass is 9.68. The molecule has 0 bridgehead atoms. The molecule has 0 fully saturated rings. The van der Waals surface area contributed by atoms with Crippen LogP contribution in [0.2, 0.25) is 0 Å². The van der Waals surface area contributed by atoms with Crippen molar-refractivity contribution in [2.45, 2.75) is 16.2 Å². The molecule has 0 aromatic heterocycles. The van der Waals surface area contributed by atoms with E-state index in [-0.39, 0.29) is 5.41 Å². The number of hydrogen-bond donors (Lipinski definition) is 1. The molecule has 0 heterocycles. The summed E-state index contributed by atoms with van der Waals surface area (Å²) in [6.07, 6.45) is 5.33. The molecule has 0 spiro atoms. The van der Waals surface area contributed by atoms with Gasteiger partial charge in [-0.05, 0) is 230 Å². The number of rotatable bonds is 14. The zero-order valence-corrected chi connectivity index (χ0v) is 74.1. The van der Waals surface area contributed by atoms with Crippen LogP contribution in [0, 0.1) is 6.08 Å². The quantitative estimate of drug-likeness (QED) is 0.0865. The van der Waals surface area contributed by atoms with Crippen LogP contribution in [-0.2, 0) is 16.2 Å². The van der Waals surface area contributed by atoms with Gasteiger partial charge in [-0.15, -0.1) is 0 Å². The highest BCUT2D eigenvalue weighted by Crippen LogP contribution is 2.61. The molecule has 22 aromatic rings. The second-order valence-electron chi connectivity index (χ2n) is 34.1. The van der Waals surface area contributed by atoms with Gasteiger partial charge in [-0.3, -0.25) is 0 Å². The molecule has 0 atom stereocenters. The Bertz CT molecular complexity index is 7750. The van der Waals surface area contributed by atoms with E-state index in [4.69, 9.17) is 0 Å². The van der Waals surface area contributed by atoms with Gasteiger partial charge in [0.05, 0.1) is 44.3 Å². The molecule has 5 heteroatoms. The van der Waals surface area contributed by atoms with Crippen molar-refractivity contribution in [1.82, 2.24) is 0 Å². The van der Waals surface area contributed by atoms with Crippen LogP contribution < -0.4 is 20.3 Å². The molecule has 4 aliphatic carbocycles. The van der Waals surface area contributed by atoms with Crippen molar-refractivity contribution >= 4 is 136 Å². The average molecular weight is 1790 g/mol. The number of hydrogen-bond acceptors (Lipinski definition) is 3. The van der Waals surface area contributed by atoms with E-state index in [0.717, 1.165) is 54.5 Å². The number of para-hydroxylation sites is 3. The first-order chi connectivity index (χ1) is 64.3.